The molecule has 1 heterocycles. The molecule has 1 unspecified atom stereocenters. The Kier molecular flexibility index (Phi) is 8.06. The molecule has 0 aliphatic heterocycles. The molecule has 43 heavy (non-hydrogen) atoms. The molecule has 2 N–H and O–H groups in total. The lowest BCUT2D eigenvalue weighted by molar-refractivity contribution is -0.124. The van der Waals surface area contributed by atoms with E-state index in [2.05, 4.69) is 34.9 Å². The van der Waals surface area contributed by atoms with Crippen molar-refractivity contribution in [3.05, 3.63) is 95.7 Å². The Hall–Kier alpha value is -4.59. The van der Waals surface area contributed by atoms with E-state index >= 15 is 0 Å². The van der Waals surface area contributed by atoms with Crippen LogP contribution in [0.2, 0.25) is 0 Å². The summed E-state index contributed by atoms with van der Waals surface area (Å²) in [5.41, 5.74) is 4.65. The number of carbonyl (C=O) groups is 3. The van der Waals surface area contributed by atoms with Gasteiger partial charge in [-0.3, -0.25) is 9.36 Å². The molecule has 0 saturated heterocycles. The number of para-hydroxylation sites is 1. The summed E-state index contributed by atoms with van der Waals surface area (Å²) in [6.45, 7) is 11.2. The third-order valence-electron chi connectivity index (χ3n) is 7.26. The first-order valence-corrected chi connectivity index (χ1v) is 14.6. The summed E-state index contributed by atoms with van der Waals surface area (Å²) in [5.74, 6) is -0.457. The van der Waals surface area contributed by atoms with Crippen LogP contribution in [0.25, 0.3) is 22.0 Å². The van der Waals surface area contributed by atoms with Gasteiger partial charge >= 0.3 is 12.2 Å². The number of nitrogens with zero attached hydrogens (tertiary/aromatic N) is 1. The number of benzene rings is 3. The number of carbonyl (C=O) groups excluding carboxylic acids is 3. The topological polar surface area (TPSA) is 98.7 Å². The normalized spacial score (nSPS) is 13.6. The monoisotopic (exact) mass is 581 g/mol. The van der Waals surface area contributed by atoms with Crippen LogP contribution in [-0.2, 0) is 20.7 Å². The summed E-state index contributed by atoms with van der Waals surface area (Å²) in [6, 6.07) is 22.7. The van der Waals surface area contributed by atoms with E-state index in [9.17, 15) is 14.4 Å². The van der Waals surface area contributed by atoms with Crippen molar-refractivity contribution >= 4 is 29.0 Å². The molecule has 224 valence electrons. The molecule has 0 saturated carbocycles. The fourth-order valence-corrected chi connectivity index (χ4v) is 5.54. The van der Waals surface area contributed by atoms with Crippen LogP contribution in [0, 0.1) is 0 Å². The van der Waals surface area contributed by atoms with Gasteiger partial charge in [-0.15, -0.1) is 0 Å². The van der Waals surface area contributed by atoms with Gasteiger partial charge in [-0.2, -0.15) is 0 Å². The Labute approximate surface area is 252 Å². The van der Waals surface area contributed by atoms with E-state index in [1.165, 1.54) is 4.57 Å². The van der Waals surface area contributed by atoms with Gasteiger partial charge in [0.05, 0.1) is 5.52 Å². The summed E-state index contributed by atoms with van der Waals surface area (Å²) in [4.78, 5) is 39.7. The number of alkyl carbamates (subject to hydrolysis) is 1. The summed E-state index contributed by atoms with van der Waals surface area (Å²) in [5, 5.41) is 6.56. The standard InChI is InChI=1S/C35H39N3O5/c1-34(2,3)37-31(39)29(19-22-20-38(33(41)43-35(4,5)6)30-18-12-11-13-23(22)30)36-32(40)42-21-28-26-16-9-7-14-24(26)25-15-8-10-17-27(25)28/h7-18,20,28-29H,19,21H2,1-6H3,(H,36,40)(H,37,39). The summed E-state index contributed by atoms with van der Waals surface area (Å²) in [7, 11) is 0. The largest absolute Gasteiger partial charge is 0.449 e. The van der Waals surface area contributed by atoms with Crippen LogP contribution < -0.4 is 10.6 Å². The number of hydrogen-bond donors (Lipinski definition) is 2. The van der Waals surface area contributed by atoms with Gasteiger partial charge < -0.3 is 20.1 Å². The molecular weight excluding hydrogens is 542 g/mol. The second-order valence-corrected chi connectivity index (χ2v) is 13.0. The zero-order valence-corrected chi connectivity index (χ0v) is 25.6. The molecule has 8 heteroatoms. The SMILES string of the molecule is CC(C)(C)NC(=O)C(Cc1cn(C(=O)OC(C)(C)C)c2ccccc12)NC(=O)OCC1c2ccccc2-c2ccccc21. The number of amides is 2. The number of rotatable bonds is 6. The van der Waals surface area contributed by atoms with Gasteiger partial charge in [0.2, 0.25) is 5.91 Å². The predicted octanol–water partition coefficient (Wildman–Crippen LogP) is 6.79. The molecule has 1 aliphatic rings. The highest BCUT2D eigenvalue weighted by Gasteiger charge is 2.31. The van der Waals surface area contributed by atoms with Crippen molar-refractivity contribution in [1.82, 2.24) is 15.2 Å². The summed E-state index contributed by atoms with van der Waals surface area (Å²) >= 11 is 0. The van der Waals surface area contributed by atoms with E-state index in [4.69, 9.17) is 9.47 Å². The number of hydrogen-bond acceptors (Lipinski definition) is 5. The van der Waals surface area contributed by atoms with E-state index in [1.807, 2.05) is 90.1 Å². The fraction of sp³-hybridized carbons (Fsp3) is 0.343. The minimum absolute atomic E-state index is 0.105. The second-order valence-electron chi connectivity index (χ2n) is 13.0. The molecule has 5 rings (SSSR count). The molecule has 2 amide bonds. The molecule has 1 aliphatic carbocycles. The highest BCUT2D eigenvalue weighted by molar-refractivity contribution is 5.93. The number of nitrogens with one attached hydrogen (secondary N) is 2. The second kappa shape index (κ2) is 11.6. The maximum atomic E-state index is 13.5. The molecule has 1 atom stereocenters. The van der Waals surface area contributed by atoms with Crippen molar-refractivity contribution in [2.45, 2.75) is 71.1 Å². The zero-order chi connectivity index (χ0) is 30.9. The van der Waals surface area contributed by atoms with Crippen LogP contribution in [0.3, 0.4) is 0 Å². The lowest BCUT2D eigenvalue weighted by atomic mass is 9.98. The maximum absolute atomic E-state index is 13.5. The average Bonchev–Trinajstić information content (AvgIpc) is 3.46. The van der Waals surface area contributed by atoms with E-state index in [0.29, 0.717) is 5.52 Å². The van der Waals surface area contributed by atoms with E-state index in [1.54, 1.807) is 6.20 Å². The zero-order valence-electron chi connectivity index (χ0n) is 25.6. The first-order chi connectivity index (χ1) is 20.3. The molecular formula is C35H39N3O5. The fourth-order valence-electron chi connectivity index (χ4n) is 5.54. The Morgan fingerprint density at radius 1 is 0.837 bits per heavy atom. The first-order valence-electron chi connectivity index (χ1n) is 14.6. The molecule has 8 nitrogen and oxygen atoms in total. The van der Waals surface area contributed by atoms with Crippen molar-refractivity contribution in [3.63, 3.8) is 0 Å². The molecule has 0 bridgehead atoms. The third kappa shape index (κ3) is 6.74. The third-order valence-corrected chi connectivity index (χ3v) is 7.26. The number of ether oxygens (including phenoxy) is 2. The van der Waals surface area contributed by atoms with Crippen LogP contribution in [0.4, 0.5) is 9.59 Å². The van der Waals surface area contributed by atoms with Gasteiger partial charge in [0.25, 0.3) is 0 Å². The Balaban J connectivity index is 1.37. The number of fused-ring (bicyclic) bond motifs is 4. The van der Waals surface area contributed by atoms with Gasteiger partial charge in [-0.1, -0.05) is 66.7 Å². The van der Waals surface area contributed by atoms with Gasteiger partial charge in [-0.25, -0.2) is 9.59 Å². The van der Waals surface area contributed by atoms with Crippen LogP contribution in [0.5, 0.6) is 0 Å². The minimum atomic E-state index is -0.951. The van der Waals surface area contributed by atoms with Gasteiger partial charge in [0, 0.05) is 29.5 Å². The van der Waals surface area contributed by atoms with Crippen molar-refractivity contribution < 1.29 is 23.9 Å². The van der Waals surface area contributed by atoms with Crippen LogP contribution in [-0.4, -0.2) is 46.4 Å². The predicted molar refractivity (Wildman–Crippen MR) is 167 cm³/mol. The molecule has 3 aromatic carbocycles. The maximum Gasteiger partial charge on any atom is 0.419 e. The Morgan fingerprint density at radius 3 is 2.02 bits per heavy atom. The van der Waals surface area contributed by atoms with Crippen LogP contribution in [0.15, 0.2) is 79.0 Å². The molecule has 0 spiro atoms. The van der Waals surface area contributed by atoms with Crippen molar-refractivity contribution in [2.75, 3.05) is 6.61 Å². The van der Waals surface area contributed by atoms with E-state index in [-0.39, 0.29) is 24.9 Å². The first kappa shape index (κ1) is 29.9. The van der Waals surface area contributed by atoms with Gasteiger partial charge in [0.15, 0.2) is 0 Å². The van der Waals surface area contributed by atoms with Gasteiger partial charge in [0.1, 0.15) is 18.2 Å². The molecule has 1 aromatic heterocycles. The summed E-state index contributed by atoms with van der Waals surface area (Å²) < 4.78 is 12.8. The van der Waals surface area contributed by atoms with Crippen LogP contribution >= 0.6 is 0 Å². The highest BCUT2D eigenvalue weighted by Crippen LogP contribution is 2.44. The van der Waals surface area contributed by atoms with Crippen molar-refractivity contribution in [2.24, 2.45) is 0 Å². The lowest BCUT2D eigenvalue weighted by Gasteiger charge is -2.25. The quantitative estimate of drug-likeness (QED) is 0.261. The molecule has 4 aromatic rings. The van der Waals surface area contributed by atoms with Crippen LogP contribution in [0.1, 0.15) is 64.2 Å². The van der Waals surface area contributed by atoms with Crippen molar-refractivity contribution in [3.8, 4) is 11.1 Å². The Morgan fingerprint density at radius 2 is 1.42 bits per heavy atom. The number of aromatic nitrogens is 1. The van der Waals surface area contributed by atoms with Crippen molar-refractivity contribution in [1.29, 1.82) is 0 Å². The van der Waals surface area contributed by atoms with E-state index < -0.39 is 29.4 Å². The van der Waals surface area contributed by atoms with Gasteiger partial charge in [-0.05, 0) is 75.4 Å². The lowest BCUT2D eigenvalue weighted by Crippen LogP contribution is -2.53. The minimum Gasteiger partial charge on any atom is -0.449 e. The molecule has 0 fully saturated rings. The summed E-state index contributed by atoms with van der Waals surface area (Å²) in [6.07, 6.45) is 0.611. The Bertz CT molecular complexity index is 1630. The average molecular weight is 582 g/mol. The smallest absolute Gasteiger partial charge is 0.419 e. The molecule has 0 radical (unpaired) electrons. The highest BCUT2D eigenvalue weighted by atomic mass is 16.6. The van der Waals surface area contributed by atoms with E-state index in [0.717, 1.165) is 33.2 Å².